The second kappa shape index (κ2) is 13.2. The van der Waals surface area contributed by atoms with Gasteiger partial charge in [-0.1, -0.05) is 66.7 Å². The van der Waals surface area contributed by atoms with Gasteiger partial charge in [0, 0.05) is 44.8 Å². The van der Waals surface area contributed by atoms with E-state index in [1.807, 2.05) is 6.07 Å². The van der Waals surface area contributed by atoms with Gasteiger partial charge >= 0.3 is 0 Å². The Kier molecular flexibility index (Phi) is 8.70. The Bertz CT molecular complexity index is 1540. The predicted molar refractivity (Wildman–Crippen MR) is 174 cm³/mol. The highest BCUT2D eigenvalue weighted by molar-refractivity contribution is 5.52. The first kappa shape index (κ1) is 29.1. The lowest BCUT2D eigenvalue weighted by Gasteiger charge is -2.37. The number of hydrogen-bond acceptors (Lipinski definition) is 5. The summed E-state index contributed by atoms with van der Waals surface area (Å²) in [5, 5.41) is 0. The molecule has 2 heterocycles. The molecule has 44 heavy (non-hydrogen) atoms. The molecule has 1 aliphatic carbocycles. The topological polar surface area (TPSA) is 40.2 Å². The number of ether oxygens (including phenoxy) is 4. The zero-order valence-corrected chi connectivity index (χ0v) is 25.9. The molecule has 2 aliphatic heterocycles. The Labute approximate surface area is 261 Å². The molecule has 0 amide bonds. The molecule has 4 aromatic rings. The van der Waals surface area contributed by atoms with E-state index < -0.39 is 0 Å². The van der Waals surface area contributed by atoms with Crippen LogP contribution < -0.4 is 9.64 Å². The lowest BCUT2D eigenvalue weighted by atomic mass is 9.79. The fraction of sp³-hybridized carbons (Fsp3) is 0.385. The summed E-state index contributed by atoms with van der Waals surface area (Å²) in [7, 11) is 3.47. The van der Waals surface area contributed by atoms with Crippen molar-refractivity contribution in [3.8, 4) is 5.75 Å². The molecule has 2 unspecified atom stereocenters. The molecule has 228 valence electrons. The van der Waals surface area contributed by atoms with Crippen molar-refractivity contribution in [2.75, 3.05) is 32.2 Å². The van der Waals surface area contributed by atoms with Crippen LogP contribution in [0, 0.1) is 5.92 Å². The molecule has 7 rings (SSSR count). The highest BCUT2D eigenvalue weighted by Gasteiger charge is 2.34. The summed E-state index contributed by atoms with van der Waals surface area (Å²) in [6.45, 7) is 3.14. The van der Waals surface area contributed by atoms with E-state index in [1.54, 1.807) is 14.2 Å². The third kappa shape index (κ3) is 6.01. The molecule has 0 radical (unpaired) electrons. The SMILES string of the molecule is COC(OC)C1CCN(c2ccc(C3c4ccc(OCc5ccccc5)cc4COC3c3ccc4c(c3)CCC4)cc2)CC1. The Hall–Kier alpha value is -3.64. The Morgan fingerprint density at radius 1 is 0.773 bits per heavy atom. The third-order valence-electron chi connectivity index (χ3n) is 9.88. The largest absolute Gasteiger partial charge is 0.489 e. The van der Waals surface area contributed by atoms with Gasteiger partial charge in [0.15, 0.2) is 6.29 Å². The minimum absolute atomic E-state index is 0.0360. The summed E-state index contributed by atoms with van der Waals surface area (Å²) in [5.41, 5.74) is 10.5. The number of benzene rings is 4. The van der Waals surface area contributed by atoms with Crippen LogP contribution >= 0.6 is 0 Å². The van der Waals surface area contributed by atoms with Crippen molar-refractivity contribution in [1.82, 2.24) is 0 Å². The molecule has 0 bridgehead atoms. The second-order valence-corrected chi connectivity index (χ2v) is 12.5. The molecule has 2 atom stereocenters. The highest BCUT2D eigenvalue weighted by Crippen LogP contribution is 2.46. The maximum atomic E-state index is 6.75. The molecular formula is C39H43NO4. The molecule has 5 heteroatoms. The molecule has 0 aromatic heterocycles. The summed E-state index contributed by atoms with van der Waals surface area (Å²) in [5.74, 6) is 1.42. The molecule has 5 nitrogen and oxygen atoms in total. The Morgan fingerprint density at radius 3 is 2.30 bits per heavy atom. The van der Waals surface area contributed by atoms with E-state index in [-0.39, 0.29) is 18.3 Å². The number of nitrogens with zero attached hydrogens (tertiary/aromatic N) is 1. The van der Waals surface area contributed by atoms with Gasteiger partial charge < -0.3 is 23.8 Å². The van der Waals surface area contributed by atoms with Gasteiger partial charge in [-0.25, -0.2) is 0 Å². The third-order valence-corrected chi connectivity index (χ3v) is 9.88. The minimum atomic E-state index is -0.119. The van der Waals surface area contributed by atoms with Crippen molar-refractivity contribution < 1.29 is 18.9 Å². The van der Waals surface area contributed by atoms with Crippen LogP contribution in [-0.4, -0.2) is 33.6 Å². The number of methoxy groups -OCH3 is 2. The van der Waals surface area contributed by atoms with Crippen molar-refractivity contribution in [3.63, 3.8) is 0 Å². The maximum absolute atomic E-state index is 6.75. The van der Waals surface area contributed by atoms with E-state index in [0.29, 0.717) is 19.1 Å². The van der Waals surface area contributed by atoms with Crippen molar-refractivity contribution in [2.24, 2.45) is 5.92 Å². The average Bonchev–Trinajstić information content (AvgIpc) is 3.56. The van der Waals surface area contributed by atoms with Crippen LogP contribution in [0.1, 0.15) is 70.2 Å². The molecule has 1 saturated heterocycles. The number of hydrogen-bond donors (Lipinski definition) is 0. The van der Waals surface area contributed by atoms with Gasteiger partial charge in [0.2, 0.25) is 0 Å². The van der Waals surface area contributed by atoms with Crippen LogP contribution in [0.2, 0.25) is 0 Å². The lowest BCUT2D eigenvalue weighted by Crippen LogP contribution is -2.39. The van der Waals surface area contributed by atoms with Crippen molar-refractivity contribution in [3.05, 3.63) is 130 Å². The van der Waals surface area contributed by atoms with Crippen molar-refractivity contribution in [2.45, 2.75) is 63.6 Å². The maximum Gasteiger partial charge on any atom is 0.159 e. The summed E-state index contributed by atoms with van der Waals surface area (Å²) in [4.78, 5) is 2.49. The summed E-state index contributed by atoms with van der Waals surface area (Å²) in [6, 6.07) is 33.2. The van der Waals surface area contributed by atoms with E-state index in [2.05, 4.69) is 89.8 Å². The van der Waals surface area contributed by atoms with E-state index in [0.717, 1.165) is 37.2 Å². The molecule has 1 fully saturated rings. The predicted octanol–water partition coefficient (Wildman–Crippen LogP) is 7.99. The van der Waals surface area contributed by atoms with E-state index >= 15 is 0 Å². The molecule has 4 aromatic carbocycles. The Morgan fingerprint density at radius 2 is 1.52 bits per heavy atom. The van der Waals surface area contributed by atoms with Gasteiger partial charge in [-0.2, -0.15) is 0 Å². The van der Waals surface area contributed by atoms with Gasteiger partial charge in [-0.05, 0) is 95.3 Å². The number of aryl methyl sites for hydroxylation is 2. The molecule has 0 saturated carbocycles. The van der Waals surface area contributed by atoms with E-state index in [1.165, 1.54) is 58.3 Å². The molecular weight excluding hydrogens is 546 g/mol. The van der Waals surface area contributed by atoms with Crippen LogP contribution in [0.5, 0.6) is 5.75 Å². The first-order valence-electron chi connectivity index (χ1n) is 16.1. The highest BCUT2D eigenvalue weighted by atomic mass is 16.7. The number of anilines is 1. The van der Waals surface area contributed by atoms with Crippen molar-refractivity contribution in [1.29, 1.82) is 0 Å². The molecule has 0 spiro atoms. The fourth-order valence-electron chi connectivity index (χ4n) is 7.50. The van der Waals surface area contributed by atoms with Crippen LogP contribution in [0.4, 0.5) is 5.69 Å². The van der Waals surface area contributed by atoms with E-state index in [4.69, 9.17) is 18.9 Å². The normalized spacial score (nSPS) is 20.0. The zero-order valence-electron chi connectivity index (χ0n) is 25.9. The van der Waals surface area contributed by atoms with Crippen LogP contribution in [0.15, 0.2) is 91.0 Å². The fourth-order valence-corrected chi connectivity index (χ4v) is 7.50. The summed E-state index contributed by atoms with van der Waals surface area (Å²) >= 11 is 0. The zero-order chi connectivity index (χ0) is 29.9. The van der Waals surface area contributed by atoms with Crippen LogP contribution in [0.3, 0.4) is 0 Å². The molecule has 0 N–H and O–H groups in total. The van der Waals surface area contributed by atoms with Crippen LogP contribution in [-0.2, 0) is 40.3 Å². The van der Waals surface area contributed by atoms with Gasteiger partial charge in [0.25, 0.3) is 0 Å². The number of piperidine rings is 1. The smallest absolute Gasteiger partial charge is 0.159 e. The van der Waals surface area contributed by atoms with Gasteiger partial charge in [0.05, 0.1) is 12.7 Å². The molecule has 3 aliphatic rings. The first-order chi connectivity index (χ1) is 21.7. The average molecular weight is 590 g/mol. The standard InChI is InChI=1S/C39H43NO4/c1-41-39(42-2)30-19-21-40(22-20-30)34-15-13-29(14-16-34)37-36-18-17-35(43-25-27-7-4-3-5-8-27)24-33(36)26-44-38(37)32-12-11-28-9-6-10-31(28)23-32/h3-5,7-8,11-18,23-24,30,37-39H,6,9-10,19-22,25-26H2,1-2H3. The van der Waals surface area contributed by atoms with E-state index in [9.17, 15) is 0 Å². The minimum Gasteiger partial charge on any atom is -0.489 e. The second-order valence-electron chi connectivity index (χ2n) is 12.5. The van der Waals surface area contributed by atoms with Crippen molar-refractivity contribution >= 4 is 5.69 Å². The summed E-state index contributed by atoms with van der Waals surface area (Å²) < 4.78 is 24.0. The quantitative estimate of drug-likeness (QED) is 0.185. The summed E-state index contributed by atoms with van der Waals surface area (Å²) in [6.07, 6.45) is 5.58. The van der Waals surface area contributed by atoms with Gasteiger partial charge in [0.1, 0.15) is 12.4 Å². The monoisotopic (exact) mass is 589 g/mol. The van der Waals surface area contributed by atoms with Gasteiger partial charge in [-0.15, -0.1) is 0 Å². The first-order valence-corrected chi connectivity index (χ1v) is 16.1. The number of rotatable bonds is 9. The Balaban J connectivity index is 1.15. The number of fused-ring (bicyclic) bond motifs is 2. The van der Waals surface area contributed by atoms with Crippen LogP contribution in [0.25, 0.3) is 0 Å². The van der Waals surface area contributed by atoms with Gasteiger partial charge in [-0.3, -0.25) is 0 Å². The lowest BCUT2D eigenvalue weighted by molar-refractivity contribution is -0.141.